The summed E-state index contributed by atoms with van der Waals surface area (Å²) in [5.74, 6) is 0.874. The quantitative estimate of drug-likeness (QED) is 0.759. The maximum Gasteiger partial charge on any atom is 0.246 e. The van der Waals surface area contributed by atoms with Crippen molar-refractivity contribution in [3.05, 3.63) is 35.9 Å². The highest BCUT2D eigenvalue weighted by Crippen LogP contribution is 2.22. The third-order valence-corrected chi connectivity index (χ3v) is 5.17. The lowest BCUT2D eigenvalue weighted by Crippen LogP contribution is -2.50. The van der Waals surface area contributed by atoms with E-state index in [1.807, 2.05) is 35.2 Å². The molecule has 142 valence electrons. The fourth-order valence-electron chi connectivity index (χ4n) is 4.11. The summed E-state index contributed by atoms with van der Waals surface area (Å²) in [6.45, 7) is 7.91. The van der Waals surface area contributed by atoms with Crippen LogP contribution >= 0.6 is 0 Å². The maximum absolute atomic E-state index is 12.8. The second-order valence-electron chi connectivity index (χ2n) is 7.38. The Labute approximate surface area is 156 Å². The first-order valence-corrected chi connectivity index (χ1v) is 9.56. The summed E-state index contributed by atoms with van der Waals surface area (Å²) in [7, 11) is 1.65. The van der Waals surface area contributed by atoms with Crippen LogP contribution in [0.5, 0.6) is 5.75 Å². The van der Waals surface area contributed by atoms with Gasteiger partial charge in [0.25, 0.3) is 0 Å². The number of ether oxygens (including phenoxy) is 2. The summed E-state index contributed by atoms with van der Waals surface area (Å²) in [4.78, 5) is 17.2. The molecule has 2 aliphatic heterocycles. The van der Waals surface area contributed by atoms with E-state index in [1.165, 1.54) is 0 Å². The van der Waals surface area contributed by atoms with E-state index in [-0.39, 0.29) is 18.1 Å². The third kappa shape index (κ3) is 4.65. The van der Waals surface area contributed by atoms with E-state index in [2.05, 4.69) is 18.7 Å². The fourth-order valence-corrected chi connectivity index (χ4v) is 4.11. The zero-order valence-electron chi connectivity index (χ0n) is 16.1. The van der Waals surface area contributed by atoms with Gasteiger partial charge in [-0.2, -0.15) is 0 Å². The average Bonchev–Trinajstić information content (AvgIpc) is 3.07. The van der Waals surface area contributed by atoms with Gasteiger partial charge in [0.05, 0.1) is 19.3 Å². The maximum atomic E-state index is 12.8. The van der Waals surface area contributed by atoms with Gasteiger partial charge in [-0.1, -0.05) is 18.2 Å². The molecule has 0 radical (unpaired) electrons. The van der Waals surface area contributed by atoms with Crippen LogP contribution < -0.4 is 4.74 Å². The predicted octanol–water partition coefficient (Wildman–Crippen LogP) is 2.81. The molecule has 1 aromatic carbocycles. The van der Waals surface area contributed by atoms with Gasteiger partial charge in [0.1, 0.15) is 5.75 Å². The van der Waals surface area contributed by atoms with E-state index < -0.39 is 0 Å². The van der Waals surface area contributed by atoms with Crippen LogP contribution in [0.1, 0.15) is 32.3 Å². The summed E-state index contributed by atoms with van der Waals surface area (Å²) in [6, 6.07) is 8.04. The monoisotopic (exact) mass is 358 g/mol. The molecule has 3 unspecified atom stereocenters. The van der Waals surface area contributed by atoms with E-state index in [0.29, 0.717) is 6.04 Å². The van der Waals surface area contributed by atoms with Crippen molar-refractivity contribution in [2.75, 3.05) is 33.3 Å². The minimum atomic E-state index is 0.0905. The summed E-state index contributed by atoms with van der Waals surface area (Å²) >= 11 is 0. The highest BCUT2D eigenvalue weighted by Gasteiger charge is 2.31. The number of nitrogens with zero attached hydrogens (tertiary/aromatic N) is 2. The molecule has 0 spiro atoms. The van der Waals surface area contributed by atoms with Crippen LogP contribution in [0.15, 0.2) is 30.3 Å². The van der Waals surface area contributed by atoms with Crippen LogP contribution in [0, 0.1) is 0 Å². The molecule has 2 heterocycles. The van der Waals surface area contributed by atoms with Gasteiger partial charge >= 0.3 is 0 Å². The first kappa shape index (κ1) is 18.9. The summed E-state index contributed by atoms with van der Waals surface area (Å²) < 4.78 is 11.2. The molecule has 0 bridgehead atoms. The first-order valence-electron chi connectivity index (χ1n) is 9.56. The molecular formula is C21H30N2O3. The highest BCUT2D eigenvalue weighted by molar-refractivity contribution is 5.92. The first-order chi connectivity index (χ1) is 12.6. The van der Waals surface area contributed by atoms with E-state index in [0.717, 1.165) is 50.3 Å². The van der Waals surface area contributed by atoms with E-state index in [9.17, 15) is 4.79 Å². The van der Waals surface area contributed by atoms with Crippen molar-refractivity contribution >= 4 is 12.0 Å². The van der Waals surface area contributed by atoms with Gasteiger partial charge in [0, 0.05) is 43.9 Å². The molecule has 3 atom stereocenters. The number of amides is 1. The van der Waals surface area contributed by atoms with Gasteiger partial charge < -0.3 is 14.4 Å². The largest absolute Gasteiger partial charge is 0.496 e. The Kier molecular flexibility index (Phi) is 6.33. The van der Waals surface area contributed by atoms with Crippen LogP contribution in [0.3, 0.4) is 0 Å². The molecule has 0 N–H and O–H groups in total. The number of benzene rings is 1. The van der Waals surface area contributed by atoms with Crippen molar-refractivity contribution in [1.29, 1.82) is 0 Å². The SMILES string of the molecule is COc1ccccc1/C=C/C(=O)N1CCCC1CN1CC(C)OC(C)C1. The Balaban J connectivity index is 1.62. The van der Waals surface area contributed by atoms with Crippen LogP contribution in [-0.4, -0.2) is 67.2 Å². The normalized spacial score (nSPS) is 27.2. The Morgan fingerprint density at radius 2 is 2.00 bits per heavy atom. The standard InChI is InChI=1S/C21H30N2O3/c1-16-13-22(14-17(2)26-16)15-19-8-6-12-23(19)21(24)11-10-18-7-4-5-9-20(18)25-3/h4-5,7,9-11,16-17,19H,6,8,12-15H2,1-3H3/b11-10+. The minimum Gasteiger partial charge on any atom is -0.496 e. The van der Waals surface area contributed by atoms with E-state index >= 15 is 0 Å². The van der Waals surface area contributed by atoms with E-state index in [4.69, 9.17) is 9.47 Å². The Hall–Kier alpha value is -1.85. The molecule has 1 amide bonds. The molecule has 0 saturated carbocycles. The molecule has 2 aliphatic rings. The van der Waals surface area contributed by atoms with E-state index in [1.54, 1.807) is 13.2 Å². The van der Waals surface area contributed by atoms with Crippen LogP contribution in [0.25, 0.3) is 6.08 Å². The van der Waals surface area contributed by atoms with Gasteiger partial charge in [0.15, 0.2) is 0 Å². The Morgan fingerprint density at radius 3 is 2.73 bits per heavy atom. The molecule has 3 rings (SSSR count). The lowest BCUT2D eigenvalue weighted by atomic mass is 10.1. The number of methoxy groups -OCH3 is 1. The van der Waals surface area contributed by atoms with Gasteiger partial charge in [-0.05, 0) is 38.8 Å². The second kappa shape index (κ2) is 8.69. The number of hydrogen-bond acceptors (Lipinski definition) is 4. The third-order valence-electron chi connectivity index (χ3n) is 5.17. The lowest BCUT2D eigenvalue weighted by molar-refractivity contribution is -0.127. The van der Waals surface area contributed by atoms with Crippen molar-refractivity contribution in [3.8, 4) is 5.75 Å². The smallest absolute Gasteiger partial charge is 0.246 e. The zero-order valence-corrected chi connectivity index (χ0v) is 16.1. The predicted molar refractivity (Wildman–Crippen MR) is 103 cm³/mol. The number of carbonyl (C=O) groups excluding carboxylic acids is 1. The number of carbonyl (C=O) groups is 1. The topological polar surface area (TPSA) is 42.0 Å². The number of para-hydroxylation sites is 1. The molecule has 2 fully saturated rings. The van der Waals surface area contributed by atoms with Crippen LogP contribution in [-0.2, 0) is 9.53 Å². The van der Waals surface area contributed by atoms with Gasteiger partial charge in [-0.3, -0.25) is 9.69 Å². The highest BCUT2D eigenvalue weighted by atomic mass is 16.5. The van der Waals surface area contributed by atoms with Crippen molar-refractivity contribution in [3.63, 3.8) is 0 Å². The molecule has 5 nitrogen and oxygen atoms in total. The summed E-state index contributed by atoms with van der Waals surface area (Å²) in [5.41, 5.74) is 0.926. The molecule has 26 heavy (non-hydrogen) atoms. The zero-order chi connectivity index (χ0) is 18.5. The Bertz CT molecular complexity index is 636. The van der Waals surface area contributed by atoms with Gasteiger partial charge in [-0.15, -0.1) is 0 Å². The van der Waals surface area contributed by atoms with Crippen molar-refractivity contribution in [2.24, 2.45) is 0 Å². The summed E-state index contributed by atoms with van der Waals surface area (Å²) in [6.07, 6.45) is 6.21. The molecule has 0 aliphatic carbocycles. The van der Waals surface area contributed by atoms with Crippen molar-refractivity contribution in [2.45, 2.75) is 44.9 Å². The summed E-state index contributed by atoms with van der Waals surface area (Å²) in [5, 5.41) is 0. The van der Waals surface area contributed by atoms with Crippen LogP contribution in [0.4, 0.5) is 0 Å². The molecule has 5 heteroatoms. The number of rotatable bonds is 5. The molecule has 0 aromatic heterocycles. The fraction of sp³-hybridized carbons (Fsp3) is 0.571. The molecule has 2 saturated heterocycles. The minimum absolute atomic E-state index is 0.0905. The van der Waals surface area contributed by atoms with Crippen molar-refractivity contribution in [1.82, 2.24) is 9.80 Å². The van der Waals surface area contributed by atoms with Gasteiger partial charge in [-0.25, -0.2) is 0 Å². The molecule has 1 aromatic rings. The average molecular weight is 358 g/mol. The number of hydrogen-bond donors (Lipinski definition) is 0. The number of likely N-dealkylation sites (tertiary alicyclic amines) is 1. The number of morpholine rings is 1. The van der Waals surface area contributed by atoms with Crippen LogP contribution in [0.2, 0.25) is 0 Å². The Morgan fingerprint density at radius 1 is 1.27 bits per heavy atom. The van der Waals surface area contributed by atoms with Crippen molar-refractivity contribution < 1.29 is 14.3 Å². The second-order valence-corrected chi connectivity index (χ2v) is 7.38. The van der Waals surface area contributed by atoms with Gasteiger partial charge in [0.2, 0.25) is 5.91 Å². The lowest BCUT2D eigenvalue weighted by Gasteiger charge is -2.38. The molecular weight excluding hydrogens is 328 g/mol.